The van der Waals surface area contributed by atoms with E-state index in [4.69, 9.17) is 0 Å². The molecule has 1 N–H and O–H groups in total. The standard InChI is InChI=1S/C7H16N2/c1-7(8-2)4-5-9(3)6-7/h8H,4-6H2,1-3H3/t7-/m0/s1. The Morgan fingerprint density at radius 3 is 2.44 bits per heavy atom. The van der Waals surface area contributed by atoms with Gasteiger partial charge < -0.3 is 10.2 Å². The third kappa shape index (κ3) is 1.43. The number of hydrogen-bond acceptors (Lipinski definition) is 2. The fourth-order valence-electron chi connectivity index (χ4n) is 1.40. The maximum absolute atomic E-state index is 3.33. The van der Waals surface area contributed by atoms with E-state index in [0.29, 0.717) is 5.54 Å². The van der Waals surface area contributed by atoms with Crippen LogP contribution >= 0.6 is 0 Å². The molecule has 0 aromatic rings. The molecular weight excluding hydrogens is 112 g/mol. The predicted octanol–water partition coefficient (Wildman–Crippen LogP) is 0.300. The minimum Gasteiger partial charge on any atom is -0.313 e. The number of likely N-dealkylation sites (N-methyl/N-ethyl adjacent to an activating group) is 2. The number of rotatable bonds is 1. The van der Waals surface area contributed by atoms with Crippen LogP contribution in [0.25, 0.3) is 0 Å². The molecule has 1 rings (SSSR count). The van der Waals surface area contributed by atoms with Crippen LogP contribution in [0.3, 0.4) is 0 Å². The van der Waals surface area contributed by atoms with Crippen LogP contribution in [0.5, 0.6) is 0 Å². The number of nitrogens with one attached hydrogen (secondary N) is 1. The minimum atomic E-state index is 0.384. The van der Waals surface area contributed by atoms with Crippen molar-refractivity contribution in [2.75, 3.05) is 27.2 Å². The van der Waals surface area contributed by atoms with Crippen molar-refractivity contribution in [3.8, 4) is 0 Å². The maximum Gasteiger partial charge on any atom is 0.0289 e. The molecule has 54 valence electrons. The summed E-state index contributed by atoms with van der Waals surface area (Å²) in [5, 5.41) is 3.33. The van der Waals surface area contributed by atoms with E-state index in [9.17, 15) is 0 Å². The van der Waals surface area contributed by atoms with E-state index in [1.54, 1.807) is 0 Å². The lowest BCUT2D eigenvalue weighted by atomic mass is 10.0. The fourth-order valence-corrected chi connectivity index (χ4v) is 1.40. The lowest BCUT2D eigenvalue weighted by Gasteiger charge is -2.22. The summed E-state index contributed by atoms with van der Waals surface area (Å²) in [6.07, 6.45) is 1.28. The Hall–Kier alpha value is -0.0800. The van der Waals surface area contributed by atoms with Crippen molar-refractivity contribution >= 4 is 0 Å². The van der Waals surface area contributed by atoms with Gasteiger partial charge in [0.2, 0.25) is 0 Å². The molecule has 9 heavy (non-hydrogen) atoms. The first-order chi connectivity index (χ1) is 4.16. The van der Waals surface area contributed by atoms with E-state index >= 15 is 0 Å². The smallest absolute Gasteiger partial charge is 0.0289 e. The predicted molar refractivity (Wildman–Crippen MR) is 39.6 cm³/mol. The Labute approximate surface area is 57.2 Å². The van der Waals surface area contributed by atoms with E-state index in [0.717, 1.165) is 0 Å². The quantitative estimate of drug-likeness (QED) is 0.546. The van der Waals surface area contributed by atoms with E-state index in [1.165, 1.54) is 19.5 Å². The Balaban J connectivity index is 2.45. The molecule has 1 heterocycles. The molecule has 0 radical (unpaired) electrons. The van der Waals surface area contributed by atoms with Crippen molar-refractivity contribution in [1.82, 2.24) is 10.2 Å². The molecule has 1 aliphatic rings. The number of likely N-dealkylation sites (tertiary alicyclic amines) is 1. The largest absolute Gasteiger partial charge is 0.313 e. The summed E-state index contributed by atoms with van der Waals surface area (Å²) in [6.45, 7) is 4.69. The summed E-state index contributed by atoms with van der Waals surface area (Å²) in [4.78, 5) is 2.36. The van der Waals surface area contributed by atoms with Crippen LogP contribution in [0.4, 0.5) is 0 Å². The summed E-state index contributed by atoms with van der Waals surface area (Å²) in [5.74, 6) is 0. The van der Waals surface area contributed by atoms with Crippen LogP contribution in [0, 0.1) is 0 Å². The minimum absolute atomic E-state index is 0.384. The molecule has 0 bridgehead atoms. The highest BCUT2D eigenvalue weighted by atomic mass is 15.2. The van der Waals surface area contributed by atoms with Gasteiger partial charge in [0.25, 0.3) is 0 Å². The lowest BCUT2D eigenvalue weighted by Crippen LogP contribution is -2.41. The van der Waals surface area contributed by atoms with Crippen LogP contribution in [-0.2, 0) is 0 Å². The monoisotopic (exact) mass is 128 g/mol. The van der Waals surface area contributed by atoms with Crippen LogP contribution < -0.4 is 5.32 Å². The normalized spacial score (nSPS) is 37.7. The summed E-state index contributed by atoms with van der Waals surface area (Å²) < 4.78 is 0. The summed E-state index contributed by atoms with van der Waals surface area (Å²) in [5.41, 5.74) is 0.384. The lowest BCUT2D eigenvalue weighted by molar-refractivity contribution is 0.350. The van der Waals surface area contributed by atoms with E-state index < -0.39 is 0 Å². The van der Waals surface area contributed by atoms with Crippen LogP contribution in [0.1, 0.15) is 13.3 Å². The first kappa shape index (κ1) is 7.03. The molecular formula is C7H16N2. The molecule has 0 saturated carbocycles. The molecule has 0 aromatic carbocycles. The molecule has 0 amide bonds. The molecule has 1 aliphatic heterocycles. The summed E-state index contributed by atoms with van der Waals surface area (Å²) in [6, 6.07) is 0. The second-order valence-corrected chi connectivity index (χ2v) is 3.30. The van der Waals surface area contributed by atoms with Crippen LogP contribution in [0.2, 0.25) is 0 Å². The molecule has 0 spiro atoms. The van der Waals surface area contributed by atoms with Gasteiger partial charge in [-0.25, -0.2) is 0 Å². The Morgan fingerprint density at radius 1 is 1.56 bits per heavy atom. The second kappa shape index (κ2) is 2.27. The highest BCUT2D eigenvalue weighted by Crippen LogP contribution is 2.17. The van der Waals surface area contributed by atoms with Crippen molar-refractivity contribution in [3.63, 3.8) is 0 Å². The van der Waals surface area contributed by atoms with Crippen LogP contribution in [0.15, 0.2) is 0 Å². The van der Waals surface area contributed by atoms with Gasteiger partial charge in [0, 0.05) is 12.1 Å². The molecule has 1 atom stereocenters. The van der Waals surface area contributed by atoms with Crippen molar-refractivity contribution in [3.05, 3.63) is 0 Å². The van der Waals surface area contributed by atoms with Gasteiger partial charge >= 0.3 is 0 Å². The van der Waals surface area contributed by atoms with Crippen molar-refractivity contribution in [2.45, 2.75) is 18.9 Å². The molecule has 0 aromatic heterocycles. The highest BCUT2D eigenvalue weighted by Gasteiger charge is 2.29. The summed E-state index contributed by atoms with van der Waals surface area (Å²) >= 11 is 0. The van der Waals surface area contributed by atoms with Gasteiger partial charge in [-0.3, -0.25) is 0 Å². The first-order valence-corrected chi connectivity index (χ1v) is 3.54. The summed E-state index contributed by atoms with van der Waals surface area (Å²) in [7, 11) is 4.21. The van der Waals surface area contributed by atoms with Gasteiger partial charge in [-0.1, -0.05) is 0 Å². The SMILES string of the molecule is CN[C@@]1(C)CCN(C)C1. The third-order valence-corrected chi connectivity index (χ3v) is 2.27. The molecule has 2 nitrogen and oxygen atoms in total. The molecule has 1 fully saturated rings. The topological polar surface area (TPSA) is 15.3 Å². The van der Waals surface area contributed by atoms with E-state index in [-0.39, 0.29) is 0 Å². The van der Waals surface area contributed by atoms with Crippen molar-refractivity contribution in [1.29, 1.82) is 0 Å². The Kier molecular flexibility index (Phi) is 1.78. The zero-order valence-corrected chi connectivity index (χ0v) is 6.57. The van der Waals surface area contributed by atoms with Crippen molar-refractivity contribution in [2.24, 2.45) is 0 Å². The van der Waals surface area contributed by atoms with E-state index in [1.807, 2.05) is 7.05 Å². The van der Waals surface area contributed by atoms with Gasteiger partial charge in [0.05, 0.1) is 0 Å². The third-order valence-electron chi connectivity index (χ3n) is 2.27. The average Bonchev–Trinajstić information content (AvgIpc) is 2.13. The van der Waals surface area contributed by atoms with Crippen LogP contribution in [-0.4, -0.2) is 37.6 Å². The fraction of sp³-hybridized carbons (Fsp3) is 1.00. The molecule has 2 heteroatoms. The second-order valence-electron chi connectivity index (χ2n) is 3.30. The van der Waals surface area contributed by atoms with Crippen molar-refractivity contribution < 1.29 is 0 Å². The zero-order valence-electron chi connectivity index (χ0n) is 6.57. The Morgan fingerprint density at radius 2 is 2.22 bits per heavy atom. The van der Waals surface area contributed by atoms with E-state index in [2.05, 4.69) is 24.2 Å². The molecule has 1 saturated heterocycles. The first-order valence-electron chi connectivity index (χ1n) is 3.54. The van der Waals surface area contributed by atoms with Gasteiger partial charge in [0.1, 0.15) is 0 Å². The average molecular weight is 128 g/mol. The number of nitrogens with zero attached hydrogens (tertiary/aromatic N) is 1. The van der Waals surface area contributed by atoms with Gasteiger partial charge in [-0.15, -0.1) is 0 Å². The molecule has 0 unspecified atom stereocenters. The molecule has 0 aliphatic carbocycles. The van der Waals surface area contributed by atoms with Gasteiger partial charge in [-0.05, 0) is 34.0 Å². The zero-order chi connectivity index (χ0) is 6.91. The number of hydrogen-bond donors (Lipinski definition) is 1. The maximum atomic E-state index is 3.33. The highest BCUT2D eigenvalue weighted by molar-refractivity contribution is 4.90. The van der Waals surface area contributed by atoms with Gasteiger partial charge in [-0.2, -0.15) is 0 Å². The Bertz CT molecular complexity index is 103. The van der Waals surface area contributed by atoms with Gasteiger partial charge in [0.15, 0.2) is 0 Å².